The highest BCUT2D eigenvalue weighted by molar-refractivity contribution is 7.98. The lowest BCUT2D eigenvalue weighted by Crippen LogP contribution is -2.35. The number of hydrogen-bond acceptors (Lipinski definition) is 6. The van der Waals surface area contributed by atoms with Crippen LogP contribution in [0.1, 0.15) is 19.8 Å². The van der Waals surface area contributed by atoms with Gasteiger partial charge < -0.3 is 15.5 Å². The Morgan fingerprint density at radius 1 is 1.30 bits per heavy atom. The van der Waals surface area contributed by atoms with E-state index in [1.54, 1.807) is 11.8 Å². The van der Waals surface area contributed by atoms with Crippen LogP contribution >= 0.6 is 11.8 Å². The zero-order valence-corrected chi connectivity index (χ0v) is 13.5. The molecule has 0 spiro atoms. The number of anilines is 2. The van der Waals surface area contributed by atoms with E-state index < -0.39 is 0 Å². The smallest absolute Gasteiger partial charge is 0.191 e. The van der Waals surface area contributed by atoms with Gasteiger partial charge in [-0.15, -0.1) is 0 Å². The van der Waals surface area contributed by atoms with E-state index in [4.69, 9.17) is 0 Å². The van der Waals surface area contributed by atoms with Crippen molar-refractivity contribution in [3.05, 3.63) is 6.07 Å². The van der Waals surface area contributed by atoms with E-state index in [2.05, 4.69) is 32.4 Å². The number of hydrogen-bond donors (Lipinski definition) is 2. The van der Waals surface area contributed by atoms with Crippen molar-refractivity contribution in [2.75, 3.05) is 50.1 Å². The van der Waals surface area contributed by atoms with Gasteiger partial charge >= 0.3 is 0 Å². The summed E-state index contributed by atoms with van der Waals surface area (Å²) in [5.41, 5.74) is 0. The first kappa shape index (κ1) is 15.4. The molecule has 0 aliphatic carbocycles. The van der Waals surface area contributed by atoms with Crippen molar-refractivity contribution in [3.63, 3.8) is 0 Å². The van der Waals surface area contributed by atoms with E-state index in [0.29, 0.717) is 0 Å². The predicted octanol–water partition coefficient (Wildman–Crippen LogP) is 2.38. The maximum absolute atomic E-state index is 4.51. The molecule has 2 heterocycles. The average Bonchev–Trinajstić information content (AvgIpc) is 2.53. The summed E-state index contributed by atoms with van der Waals surface area (Å²) in [6.45, 7) is 6.87. The van der Waals surface area contributed by atoms with Gasteiger partial charge in [0.1, 0.15) is 11.6 Å². The summed E-state index contributed by atoms with van der Waals surface area (Å²) in [5.74, 6) is 2.54. The molecule has 1 aromatic heterocycles. The highest BCUT2D eigenvalue weighted by Gasteiger charge is 2.17. The summed E-state index contributed by atoms with van der Waals surface area (Å²) in [4.78, 5) is 11.4. The van der Waals surface area contributed by atoms with Crippen LogP contribution in [0.25, 0.3) is 0 Å². The number of nitrogens with one attached hydrogen (secondary N) is 2. The monoisotopic (exact) mass is 295 g/mol. The molecule has 0 aromatic carbocycles. The Balaban J connectivity index is 1.87. The molecule has 2 N–H and O–H groups in total. The van der Waals surface area contributed by atoms with Crippen molar-refractivity contribution in [1.82, 2.24) is 14.9 Å². The zero-order chi connectivity index (χ0) is 14.4. The standard InChI is InChI=1S/C14H25N5S/c1-4-19-7-5-11(6-8-19)10-16-13-9-12(15-2)17-14(18-13)20-3/h9,11H,4-8,10H2,1-3H3,(H2,15,16,17,18). The summed E-state index contributed by atoms with van der Waals surface area (Å²) in [6.07, 6.45) is 4.55. The van der Waals surface area contributed by atoms with E-state index in [0.717, 1.165) is 29.3 Å². The molecular formula is C14H25N5S. The van der Waals surface area contributed by atoms with Gasteiger partial charge in [0.15, 0.2) is 5.16 Å². The molecule has 1 aliphatic heterocycles. The second-order valence-electron chi connectivity index (χ2n) is 5.13. The van der Waals surface area contributed by atoms with E-state index in [9.17, 15) is 0 Å². The lowest BCUT2D eigenvalue weighted by atomic mass is 9.97. The quantitative estimate of drug-likeness (QED) is 0.621. The normalized spacial score (nSPS) is 17.1. The van der Waals surface area contributed by atoms with Gasteiger partial charge in [-0.2, -0.15) is 0 Å². The summed E-state index contributed by atoms with van der Waals surface area (Å²) in [7, 11) is 1.89. The Hall–Kier alpha value is -1.01. The van der Waals surface area contributed by atoms with Gasteiger partial charge in [0.2, 0.25) is 0 Å². The maximum atomic E-state index is 4.51. The van der Waals surface area contributed by atoms with Crippen molar-refractivity contribution >= 4 is 23.4 Å². The molecule has 0 bridgehead atoms. The van der Waals surface area contributed by atoms with Crippen LogP contribution in [0.4, 0.5) is 11.6 Å². The van der Waals surface area contributed by atoms with Gasteiger partial charge in [-0.1, -0.05) is 18.7 Å². The van der Waals surface area contributed by atoms with E-state index >= 15 is 0 Å². The van der Waals surface area contributed by atoms with E-state index in [1.165, 1.54) is 32.5 Å². The summed E-state index contributed by atoms with van der Waals surface area (Å²) in [5, 5.41) is 7.36. The number of thioether (sulfide) groups is 1. The fourth-order valence-electron chi connectivity index (χ4n) is 2.49. The van der Waals surface area contributed by atoms with Crippen molar-refractivity contribution < 1.29 is 0 Å². The number of nitrogens with zero attached hydrogens (tertiary/aromatic N) is 3. The first-order chi connectivity index (χ1) is 9.75. The summed E-state index contributed by atoms with van der Waals surface area (Å²) >= 11 is 1.57. The fraction of sp³-hybridized carbons (Fsp3) is 0.714. The lowest BCUT2D eigenvalue weighted by molar-refractivity contribution is 0.198. The molecule has 0 unspecified atom stereocenters. The molecular weight excluding hydrogens is 270 g/mol. The Bertz CT molecular complexity index is 396. The van der Waals surface area contributed by atoms with Crippen molar-refractivity contribution in [2.24, 2.45) is 5.92 Å². The van der Waals surface area contributed by atoms with Crippen molar-refractivity contribution in [2.45, 2.75) is 24.9 Å². The molecule has 1 fully saturated rings. The minimum atomic E-state index is 0.753. The minimum Gasteiger partial charge on any atom is -0.373 e. The molecule has 0 saturated carbocycles. The SMILES string of the molecule is CCN1CCC(CNc2cc(NC)nc(SC)n2)CC1. The minimum absolute atomic E-state index is 0.753. The van der Waals surface area contributed by atoms with E-state index in [-0.39, 0.29) is 0 Å². The van der Waals surface area contributed by atoms with Crippen LogP contribution in [0, 0.1) is 5.92 Å². The van der Waals surface area contributed by atoms with Crippen LogP contribution in [-0.2, 0) is 0 Å². The van der Waals surface area contributed by atoms with Crippen LogP contribution in [0.3, 0.4) is 0 Å². The third-order valence-corrected chi connectivity index (χ3v) is 4.42. The first-order valence-corrected chi connectivity index (χ1v) is 8.54. The molecule has 112 valence electrons. The van der Waals surface area contributed by atoms with Gasteiger partial charge in [0.25, 0.3) is 0 Å². The highest BCUT2D eigenvalue weighted by Crippen LogP contribution is 2.20. The third-order valence-electron chi connectivity index (χ3n) is 3.87. The van der Waals surface area contributed by atoms with Gasteiger partial charge in [-0.05, 0) is 44.6 Å². The van der Waals surface area contributed by atoms with Crippen LogP contribution in [0.2, 0.25) is 0 Å². The van der Waals surface area contributed by atoms with Gasteiger partial charge in [-0.25, -0.2) is 9.97 Å². The molecule has 0 radical (unpaired) electrons. The molecule has 0 atom stereocenters. The Morgan fingerprint density at radius 3 is 2.60 bits per heavy atom. The van der Waals surface area contributed by atoms with Crippen LogP contribution in [-0.4, -0.2) is 54.4 Å². The fourth-order valence-corrected chi connectivity index (χ4v) is 2.87. The van der Waals surface area contributed by atoms with E-state index in [1.807, 2.05) is 19.4 Å². The van der Waals surface area contributed by atoms with Crippen LogP contribution in [0.5, 0.6) is 0 Å². The topological polar surface area (TPSA) is 53.1 Å². The summed E-state index contributed by atoms with van der Waals surface area (Å²) < 4.78 is 0. The molecule has 0 amide bonds. The van der Waals surface area contributed by atoms with Crippen molar-refractivity contribution in [3.8, 4) is 0 Å². The first-order valence-electron chi connectivity index (χ1n) is 7.32. The number of rotatable bonds is 6. The molecule has 2 rings (SSSR count). The zero-order valence-electron chi connectivity index (χ0n) is 12.6. The lowest BCUT2D eigenvalue weighted by Gasteiger charge is -2.31. The number of aromatic nitrogens is 2. The molecule has 6 heteroatoms. The molecule has 1 saturated heterocycles. The van der Waals surface area contributed by atoms with Crippen LogP contribution < -0.4 is 10.6 Å². The predicted molar refractivity (Wildman–Crippen MR) is 86.7 cm³/mol. The number of likely N-dealkylation sites (tertiary alicyclic amines) is 1. The van der Waals surface area contributed by atoms with Gasteiger partial charge in [0, 0.05) is 19.7 Å². The third kappa shape index (κ3) is 4.24. The van der Waals surface area contributed by atoms with Gasteiger partial charge in [-0.3, -0.25) is 0 Å². The number of piperidine rings is 1. The Labute approximate surface area is 125 Å². The Kier molecular flexibility index (Phi) is 5.91. The summed E-state index contributed by atoms with van der Waals surface area (Å²) in [6, 6.07) is 1.97. The largest absolute Gasteiger partial charge is 0.373 e. The van der Waals surface area contributed by atoms with Crippen molar-refractivity contribution in [1.29, 1.82) is 0 Å². The Morgan fingerprint density at radius 2 is 2.00 bits per heavy atom. The second kappa shape index (κ2) is 7.69. The van der Waals surface area contributed by atoms with Gasteiger partial charge in [0.05, 0.1) is 0 Å². The molecule has 20 heavy (non-hydrogen) atoms. The molecule has 1 aromatic rings. The molecule has 1 aliphatic rings. The molecule has 5 nitrogen and oxygen atoms in total. The second-order valence-corrected chi connectivity index (χ2v) is 5.91. The van der Waals surface area contributed by atoms with Crippen LogP contribution in [0.15, 0.2) is 11.2 Å². The highest BCUT2D eigenvalue weighted by atomic mass is 32.2. The average molecular weight is 295 g/mol. The maximum Gasteiger partial charge on any atom is 0.191 e.